The van der Waals surface area contributed by atoms with E-state index in [0.29, 0.717) is 6.10 Å². The van der Waals surface area contributed by atoms with Gasteiger partial charge in [0.1, 0.15) is 11.9 Å². The second-order valence-electron chi connectivity index (χ2n) is 5.77. The minimum atomic E-state index is -0.150. The van der Waals surface area contributed by atoms with Gasteiger partial charge in [0.25, 0.3) is 0 Å². The topological polar surface area (TPSA) is 35.2 Å². The molecule has 0 radical (unpaired) electrons. The van der Waals surface area contributed by atoms with Gasteiger partial charge in [-0.05, 0) is 56.6 Å². The maximum atomic E-state index is 6.02. The summed E-state index contributed by atoms with van der Waals surface area (Å²) >= 11 is 1.99. The van der Waals surface area contributed by atoms with E-state index in [-0.39, 0.29) is 5.54 Å². The lowest BCUT2D eigenvalue weighted by Gasteiger charge is -2.23. The monoisotopic (exact) mass is 265 g/mol. The largest absolute Gasteiger partial charge is 0.490 e. The Kier molecular flexibility index (Phi) is 4.57. The lowest BCUT2D eigenvalue weighted by Crippen LogP contribution is -2.34. The van der Waals surface area contributed by atoms with Crippen LogP contribution in [0.2, 0.25) is 0 Å². The third-order valence-electron chi connectivity index (χ3n) is 3.00. The molecule has 100 valence electrons. The first-order valence-corrected chi connectivity index (χ1v) is 7.81. The van der Waals surface area contributed by atoms with Crippen molar-refractivity contribution in [2.45, 2.75) is 44.8 Å². The lowest BCUT2D eigenvalue weighted by molar-refractivity contribution is 0.211. The fraction of sp³-hybridized carbons (Fsp3) is 0.600. The van der Waals surface area contributed by atoms with E-state index in [1.165, 1.54) is 24.2 Å². The molecule has 1 fully saturated rings. The Bertz CT molecular complexity index is 363. The molecule has 2 rings (SSSR count). The Morgan fingerprint density at radius 2 is 2.06 bits per heavy atom. The van der Waals surface area contributed by atoms with E-state index in [1.54, 1.807) is 0 Å². The van der Waals surface area contributed by atoms with Crippen molar-refractivity contribution < 1.29 is 4.74 Å². The predicted octanol–water partition coefficient (Wildman–Crippen LogP) is 3.24. The van der Waals surface area contributed by atoms with Gasteiger partial charge >= 0.3 is 0 Å². The second-order valence-corrected chi connectivity index (χ2v) is 6.92. The molecule has 1 aromatic rings. The average Bonchev–Trinajstić information content (AvgIpc) is 2.31. The zero-order chi connectivity index (χ0) is 13.0. The second kappa shape index (κ2) is 5.98. The summed E-state index contributed by atoms with van der Waals surface area (Å²) in [4.78, 5) is 0. The molecule has 2 N–H and O–H groups in total. The van der Waals surface area contributed by atoms with E-state index in [2.05, 4.69) is 38.1 Å². The summed E-state index contributed by atoms with van der Waals surface area (Å²) in [6, 6.07) is 8.39. The van der Waals surface area contributed by atoms with Crippen LogP contribution in [0.1, 0.15) is 32.3 Å². The SMILES string of the molecule is CC(C)(N)Cc1ccc(OC2CCCSC2)cc1. The van der Waals surface area contributed by atoms with Crippen molar-refractivity contribution in [3.05, 3.63) is 29.8 Å². The maximum absolute atomic E-state index is 6.02. The van der Waals surface area contributed by atoms with E-state index in [1.807, 2.05) is 11.8 Å². The van der Waals surface area contributed by atoms with Crippen molar-refractivity contribution in [2.24, 2.45) is 5.73 Å². The van der Waals surface area contributed by atoms with E-state index < -0.39 is 0 Å². The summed E-state index contributed by atoms with van der Waals surface area (Å²) < 4.78 is 5.99. The highest BCUT2D eigenvalue weighted by atomic mass is 32.2. The maximum Gasteiger partial charge on any atom is 0.119 e. The molecular weight excluding hydrogens is 242 g/mol. The minimum Gasteiger partial charge on any atom is -0.490 e. The van der Waals surface area contributed by atoms with Gasteiger partial charge in [-0.15, -0.1) is 0 Å². The van der Waals surface area contributed by atoms with Crippen molar-refractivity contribution in [3.8, 4) is 5.75 Å². The molecule has 1 aromatic carbocycles. The fourth-order valence-electron chi connectivity index (χ4n) is 2.21. The third-order valence-corrected chi connectivity index (χ3v) is 4.19. The van der Waals surface area contributed by atoms with Crippen molar-refractivity contribution in [3.63, 3.8) is 0 Å². The Morgan fingerprint density at radius 1 is 1.33 bits per heavy atom. The lowest BCUT2D eigenvalue weighted by atomic mass is 9.96. The first kappa shape index (κ1) is 13.8. The minimum absolute atomic E-state index is 0.150. The van der Waals surface area contributed by atoms with Crippen LogP contribution in [0.25, 0.3) is 0 Å². The summed E-state index contributed by atoms with van der Waals surface area (Å²) in [5.41, 5.74) is 7.14. The van der Waals surface area contributed by atoms with Crippen LogP contribution in [0.3, 0.4) is 0 Å². The molecule has 1 aliphatic heterocycles. The van der Waals surface area contributed by atoms with Crippen LogP contribution in [0.5, 0.6) is 5.75 Å². The number of hydrogen-bond acceptors (Lipinski definition) is 3. The molecule has 2 nitrogen and oxygen atoms in total. The highest BCUT2D eigenvalue weighted by molar-refractivity contribution is 7.99. The molecule has 18 heavy (non-hydrogen) atoms. The zero-order valence-electron chi connectivity index (χ0n) is 11.3. The molecule has 1 atom stereocenters. The number of ether oxygens (including phenoxy) is 1. The molecule has 3 heteroatoms. The molecule has 0 aliphatic carbocycles. The normalized spacial score (nSPS) is 20.7. The van der Waals surface area contributed by atoms with Crippen molar-refractivity contribution >= 4 is 11.8 Å². The van der Waals surface area contributed by atoms with Gasteiger partial charge in [-0.1, -0.05) is 12.1 Å². The Labute approximate surface area is 114 Å². The van der Waals surface area contributed by atoms with E-state index in [9.17, 15) is 0 Å². The first-order chi connectivity index (χ1) is 8.53. The Balaban J connectivity index is 1.90. The van der Waals surface area contributed by atoms with E-state index in [0.717, 1.165) is 17.9 Å². The summed E-state index contributed by atoms with van der Waals surface area (Å²) in [5.74, 6) is 3.39. The number of benzene rings is 1. The van der Waals surface area contributed by atoms with Crippen LogP contribution >= 0.6 is 11.8 Å². The molecule has 0 bridgehead atoms. The molecule has 0 saturated carbocycles. The van der Waals surface area contributed by atoms with Gasteiger partial charge in [0.2, 0.25) is 0 Å². The zero-order valence-corrected chi connectivity index (χ0v) is 12.1. The predicted molar refractivity (Wildman–Crippen MR) is 79.4 cm³/mol. The quantitative estimate of drug-likeness (QED) is 0.907. The van der Waals surface area contributed by atoms with Crippen LogP contribution in [0.4, 0.5) is 0 Å². The van der Waals surface area contributed by atoms with Crippen LogP contribution in [-0.4, -0.2) is 23.1 Å². The van der Waals surface area contributed by atoms with Crippen LogP contribution < -0.4 is 10.5 Å². The summed E-state index contributed by atoms with van der Waals surface area (Å²) in [6.45, 7) is 4.10. The smallest absolute Gasteiger partial charge is 0.119 e. The fourth-order valence-corrected chi connectivity index (χ4v) is 3.24. The highest BCUT2D eigenvalue weighted by Gasteiger charge is 2.15. The van der Waals surface area contributed by atoms with E-state index in [4.69, 9.17) is 10.5 Å². The molecule has 1 heterocycles. The van der Waals surface area contributed by atoms with Crippen LogP contribution in [-0.2, 0) is 6.42 Å². The standard InChI is InChI=1S/C15H23NOS/c1-15(2,16)10-12-5-7-13(8-6-12)17-14-4-3-9-18-11-14/h5-8,14H,3-4,9-11,16H2,1-2H3. The highest BCUT2D eigenvalue weighted by Crippen LogP contribution is 2.23. The molecule has 0 spiro atoms. The summed E-state index contributed by atoms with van der Waals surface area (Å²) in [5, 5.41) is 0. The molecule has 0 aromatic heterocycles. The van der Waals surface area contributed by atoms with E-state index >= 15 is 0 Å². The van der Waals surface area contributed by atoms with Gasteiger partial charge in [0, 0.05) is 11.3 Å². The molecular formula is C15H23NOS. The van der Waals surface area contributed by atoms with Crippen LogP contribution in [0.15, 0.2) is 24.3 Å². The van der Waals surface area contributed by atoms with Gasteiger partial charge in [0.05, 0.1) is 0 Å². The Hall–Kier alpha value is -0.670. The molecule has 1 aliphatic rings. The van der Waals surface area contributed by atoms with Crippen molar-refractivity contribution in [1.29, 1.82) is 0 Å². The molecule has 1 unspecified atom stereocenters. The van der Waals surface area contributed by atoms with Gasteiger partial charge in [0.15, 0.2) is 0 Å². The number of rotatable bonds is 4. The summed E-state index contributed by atoms with van der Waals surface area (Å²) in [7, 11) is 0. The van der Waals surface area contributed by atoms with Crippen LogP contribution in [0, 0.1) is 0 Å². The van der Waals surface area contributed by atoms with Crippen molar-refractivity contribution in [2.75, 3.05) is 11.5 Å². The number of hydrogen-bond donors (Lipinski definition) is 1. The average molecular weight is 265 g/mol. The number of thioether (sulfide) groups is 1. The number of nitrogens with two attached hydrogens (primary N) is 1. The van der Waals surface area contributed by atoms with Crippen molar-refractivity contribution in [1.82, 2.24) is 0 Å². The molecule has 1 saturated heterocycles. The molecule has 0 amide bonds. The van der Waals surface area contributed by atoms with Gasteiger partial charge in [-0.2, -0.15) is 11.8 Å². The summed E-state index contributed by atoms with van der Waals surface area (Å²) in [6.07, 6.45) is 3.74. The van der Waals surface area contributed by atoms with Gasteiger partial charge in [-0.3, -0.25) is 0 Å². The first-order valence-electron chi connectivity index (χ1n) is 6.65. The third kappa shape index (κ3) is 4.54. The Morgan fingerprint density at radius 3 is 2.61 bits per heavy atom. The van der Waals surface area contributed by atoms with Gasteiger partial charge in [-0.25, -0.2) is 0 Å². The van der Waals surface area contributed by atoms with Gasteiger partial charge < -0.3 is 10.5 Å².